The average Bonchev–Trinajstić information content (AvgIpc) is 2.71. The molecule has 0 amide bonds. The molecule has 1 fully saturated rings. The van der Waals surface area contributed by atoms with Gasteiger partial charge in [0.2, 0.25) is 0 Å². The highest BCUT2D eigenvalue weighted by molar-refractivity contribution is 7.92. The maximum absolute atomic E-state index is 13.5. The zero-order valence-corrected chi connectivity index (χ0v) is 19.5. The highest BCUT2D eigenvalue weighted by Crippen LogP contribution is 2.44. The maximum atomic E-state index is 13.5. The van der Waals surface area contributed by atoms with Crippen LogP contribution in [0.25, 0.3) is 0 Å². The molecule has 2 unspecified atom stereocenters. The summed E-state index contributed by atoms with van der Waals surface area (Å²) >= 11 is 0. The highest BCUT2D eigenvalue weighted by Gasteiger charge is 2.46. The van der Waals surface area contributed by atoms with Gasteiger partial charge in [0, 0.05) is 12.9 Å². The van der Waals surface area contributed by atoms with Crippen molar-refractivity contribution in [3.8, 4) is 0 Å². The zero-order chi connectivity index (χ0) is 25.7. The van der Waals surface area contributed by atoms with E-state index in [1.165, 1.54) is 6.92 Å². The normalized spacial score (nSPS) is 22.5. The molecule has 0 spiro atoms. The molecule has 188 valence electrons. The minimum Gasteiger partial charge on any atom is -0.373 e. The van der Waals surface area contributed by atoms with Crippen LogP contribution in [0.1, 0.15) is 42.6 Å². The van der Waals surface area contributed by atoms with Crippen LogP contribution in [0.3, 0.4) is 0 Å². The van der Waals surface area contributed by atoms with E-state index >= 15 is 0 Å². The molecule has 1 aliphatic heterocycles. The van der Waals surface area contributed by atoms with Crippen LogP contribution in [-0.4, -0.2) is 34.4 Å². The van der Waals surface area contributed by atoms with Crippen LogP contribution in [0, 0.1) is 0 Å². The van der Waals surface area contributed by atoms with Crippen LogP contribution in [0.2, 0.25) is 0 Å². The predicted molar refractivity (Wildman–Crippen MR) is 110 cm³/mol. The number of hydrogen-bond donors (Lipinski definition) is 0. The first-order valence-electron chi connectivity index (χ1n) is 9.81. The summed E-state index contributed by atoms with van der Waals surface area (Å²) in [6, 6.07) is 5.74. The smallest absolute Gasteiger partial charge is 0.373 e. The number of ether oxygens (including phenoxy) is 1. The zero-order valence-electron chi connectivity index (χ0n) is 17.9. The fourth-order valence-electron chi connectivity index (χ4n) is 3.85. The minimum atomic E-state index is -5.00. The SMILES string of the molecule is CC1(S(=O)(=O)c2cccc(C(F)(F)F)c2)CCOC(c2ccc(S(C)(=O)=O)c(C(F)(F)F)c2)C1. The lowest BCUT2D eigenvalue weighted by Gasteiger charge is -2.38. The van der Waals surface area contributed by atoms with Gasteiger partial charge in [0.25, 0.3) is 0 Å². The first-order valence-corrected chi connectivity index (χ1v) is 13.2. The molecular weight excluding hydrogens is 510 g/mol. The van der Waals surface area contributed by atoms with Crippen LogP contribution in [0.5, 0.6) is 0 Å². The topological polar surface area (TPSA) is 77.5 Å². The van der Waals surface area contributed by atoms with E-state index in [4.69, 9.17) is 4.74 Å². The largest absolute Gasteiger partial charge is 0.417 e. The molecule has 2 aromatic carbocycles. The van der Waals surface area contributed by atoms with E-state index < -0.39 is 63.8 Å². The Morgan fingerprint density at radius 3 is 2.15 bits per heavy atom. The number of benzene rings is 2. The molecule has 0 aromatic heterocycles. The predicted octanol–water partition coefficient (Wildman–Crippen LogP) is 5.21. The van der Waals surface area contributed by atoms with Crippen LogP contribution >= 0.6 is 0 Å². The summed E-state index contributed by atoms with van der Waals surface area (Å²) in [6.45, 7) is 1.11. The van der Waals surface area contributed by atoms with Crippen LogP contribution in [0.4, 0.5) is 26.3 Å². The lowest BCUT2D eigenvalue weighted by atomic mass is 9.92. The summed E-state index contributed by atoms with van der Waals surface area (Å²) in [5.74, 6) is 0. The van der Waals surface area contributed by atoms with Crippen molar-refractivity contribution in [2.45, 2.75) is 52.8 Å². The van der Waals surface area contributed by atoms with Crippen molar-refractivity contribution in [2.75, 3.05) is 12.9 Å². The van der Waals surface area contributed by atoms with Crippen molar-refractivity contribution in [1.82, 2.24) is 0 Å². The molecule has 13 heteroatoms. The van der Waals surface area contributed by atoms with Crippen LogP contribution in [0.15, 0.2) is 52.3 Å². The van der Waals surface area contributed by atoms with Gasteiger partial charge in [-0.25, -0.2) is 16.8 Å². The van der Waals surface area contributed by atoms with Gasteiger partial charge in [-0.05, 0) is 55.7 Å². The first-order chi connectivity index (χ1) is 15.4. The molecule has 5 nitrogen and oxygen atoms in total. The number of halogens is 6. The molecule has 1 heterocycles. The average molecular weight is 531 g/mol. The van der Waals surface area contributed by atoms with E-state index in [9.17, 15) is 43.2 Å². The van der Waals surface area contributed by atoms with Gasteiger partial charge in [-0.1, -0.05) is 12.1 Å². The van der Waals surface area contributed by atoms with Crippen molar-refractivity contribution in [3.05, 3.63) is 59.2 Å². The third kappa shape index (κ3) is 5.10. The second kappa shape index (κ2) is 8.52. The third-order valence-electron chi connectivity index (χ3n) is 5.77. The Kier molecular flexibility index (Phi) is 6.64. The molecule has 0 radical (unpaired) electrons. The van der Waals surface area contributed by atoms with Crippen molar-refractivity contribution >= 4 is 19.7 Å². The first kappa shape index (κ1) is 26.5. The standard InChI is InChI=1S/C21H20F6O5S2/c1-19(34(30,31)15-5-3-4-14(11-15)20(22,23)24)8-9-32-17(12-19)13-6-7-18(33(2,28)29)16(10-13)21(25,26)27/h3-7,10-11,17H,8-9,12H2,1-2H3. The fraction of sp³-hybridized carbons (Fsp3) is 0.429. The summed E-state index contributed by atoms with van der Waals surface area (Å²) in [4.78, 5) is -1.49. The van der Waals surface area contributed by atoms with Crippen molar-refractivity contribution in [1.29, 1.82) is 0 Å². The summed E-state index contributed by atoms with van der Waals surface area (Å²) in [5.41, 5.74) is -2.65. The molecule has 0 bridgehead atoms. The second-order valence-corrected chi connectivity index (χ2v) is 12.8. The second-order valence-electron chi connectivity index (χ2n) is 8.32. The van der Waals surface area contributed by atoms with Crippen LogP contribution in [-0.2, 0) is 36.8 Å². The molecule has 2 aromatic rings. The molecule has 0 N–H and O–H groups in total. The van der Waals surface area contributed by atoms with Crippen molar-refractivity contribution < 1.29 is 47.9 Å². The molecule has 2 atom stereocenters. The van der Waals surface area contributed by atoms with Gasteiger partial charge in [0.05, 0.1) is 31.8 Å². The van der Waals surface area contributed by atoms with Crippen LogP contribution < -0.4 is 0 Å². The Labute approximate surface area is 192 Å². The lowest BCUT2D eigenvalue weighted by Crippen LogP contribution is -2.42. The molecule has 1 aliphatic rings. The minimum absolute atomic E-state index is 0.0927. The summed E-state index contributed by atoms with van der Waals surface area (Å²) < 4.78 is 134. The summed E-state index contributed by atoms with van der Waals surface area (Å²) in [6.07, 6.45) is -10.7. The van der Waals surface area contributed by atoms with E-state index in [1.807, 2.05) is 0 Å². The maximum Gasteiger partial charge on any atom is 0.417 e. The lowest BCUT2D eigenvalue weighted by molar-refractivity contribution is -0.140. The van der Waals surface area contributed by atoms with Gasteiger partial charge in [0.1, 0.15) is 0 Å². The number of sulfone groups is 2. The molecule has 0 aliphatic carbocycles. The summed E-state index contributed by atoms with van der Waals surface area (Å²) in [7, 11) is -8.56. The Morgan fingerprint density at radius 1 is 0.941 bits per heavy atom. The monoisotopic (exact) mass is 530 g/mol. The molecule has 34 heavy (non-hydrogen) atoms. The molecular formula is C21H20F6O5S2. The molecule has 1 saturated heterocycles. The van der Waals surface area contributed by atoms with Crippen molar-refractivity contribution in [3.63, 3.8) is 0 Å². The quantitative estimate of drug-likeness (QED) is 0.507. The number of alkyl halides is 6. The van der Waals surface area contributed by atoms with Gasteiger partial charge in [0.15, 0.2) is 19.7 Å². The van der Waals surface area contributed by atoms with Gasteiger partial charge in [-0.15, -0.1) is 0 Å². The van der Waals surface area contributed by atoms with E-state index in [0.717, 1.165) is 30.3 Å². The van der Waals surface area contributed by atoms with E-state index in [0.29, 0.717) is 18.4 Å². The van der Waals surface area contributed by atoms with E-state index in [2.05, 4.69) is 0 Å². The fourth-order valence-corrected chi connectivity index (χ4v) is 6.57. The Bertz CT molecular complexity index is 1300. The van der Waals surface area contributed by atoms with Gasteiger partial charge < -0.3 is 4.74 Å². The van der Waals surface area contributed by atoms with E-state index in [-0.39, 0.29) is 25.0 Å². The van der Waals surface area contributed by atoms with E-state index in [1.54, 1.807) is 0 Å². The molecule has 3 rings (SSSR count). The highest BCUT2D eigenvalue weighted by atomic mass is 32.2. The number of hydrogen-bond acceptors (Lipinski definition) is 5. The van der Waals surface area contributed by atoms with Gasteiger partial charge >= 0.3 is 12.4 Å². The Balaban J connectivity index is 2.02. The Hall–Kier alpha value is -2.12. The van der Waals surface area contributed by atoms with Gasteiger partial charge in [-0.3, -0.25) is 0 Å². The van der Waals surface area contributed by atoms with Gasteiger partial charge in [-0.2, -0.15) is 26.3 Å². The summed E-state index contributed by atoms with van der Waals surface area (Å²) in [5, 5.41) is 0. The third-order valence-corrected chi connectivity index (χ3v) is 9.47. The van der Waals surface area contributed by atoms with Crippen molar-refractivity contribution in [2.24, 2.45) is 0 Å². The number of rotatable bonds is 4. The Morgan fingerprint density at radius 2 is 1.59 bits per heavy atom. The molecule has 0 saturated carbocycles.